The second kappa shape index (κ2) is 7.64. The predicted molar refractivity (Wildman–Crippen MR) is 94.1 cm³/mol. The Hall–Kier alpha value is -3.48. The van der Waals surface area contributed by atoms with Gasteiger partial charge in [-0.05, 0) is 41.0 Å². The molecule has 0 spiro atoms. The van der Waals surface area contributed by atoms with Gasteiger partial charge in [-0.1, -0.05) is 48.2 Å². The lowest BCUT2D eigenvalue weighted by atomic mass is 9.98. The van der Waals surface area contributed by atoms with Crippen molar-refractivity contribution in [1.29, 1.82) is 0 Å². The van der Waals surface area contributed by atoms with Crippen LogP contribution < -0.4 is 9.84 Å². The third-order valence-electron chi connectivity index (χ3n) is 4.09. The predicted octanol–water partition coefficient (Wildman–Crippen LogP) is 4.72. The second-order valence-corrected chi connectivity index (χ2v) is 5.99. The van der Waals surface area contributed by atoms with Crippen LogP contribution in [0.15, 0.2) is 66.7 Å². The highest BCUT2D eigenvalue weighted by atomic mass is 19.4. The lowest BCUT2D eigenvalue weighted by Gasteiger charge is -2.15. The summed E-state index contributed by atoms with van der Waals surface area (Å²) in [6.07, 6.45) is -4.47. The van der Waals surface area contributed by atoms with Gasteiger partial charge in [0.05, 0.1) is 11.1 Å². The summed E-state index contributed by atoms with van der Waals surface area (Å²) in [5.41, 5.74) is 0.591. The molecule has 0 bridgehead atoms. The minimum absolute atomic E-state index is 0.0288. The van der Waals surface area contributed by atoms with Gasteiger partial charge in [0.15, 0.2) is 0 Å². The number of benzene rings is 3. The maximum atomic E-state index is 12.8. The fourth-order valence-corrected chi connectivity index (χ4v) is 2.72. The molecule has 0 amide bonds. The highest BCUT2D eigenvalue weighted by Crippen LogP contribution is 2.32. The molecule has 3 aromatic carbocycles. The summed E-state index contributed by atoms with van der Waals surface area (Å²) >= 11 is 0. The lowest BCUT2D eigenvalue weighted by Crippen LogP contribution is -2.06. The SMILES string of the molecule is O=C(O)c1cc(-c2ccccc2COc2cccc(C(F)(F)F)c2)ccc1[O-]. The van der Waals surface area contributed by atoms with Crippen molar-refractivity contribution in [1.82, 2.24) is 0 Å². The zero-order valence-corrected chi connectivity index (χ0v) is 14.4. The number of carboxylic acid groups (broad SMARTS) is 1. The number of hydrogen-bond donors (Lipinski definition) is 1. The van der Waals surface area contributed by atoms with E-state index >= 15 is 0 Å². The van der Waals surface area contributed by atoms with Gasteiger partial charge < -0.3 is 14.9 Å². The number of hydrogen-bond acceptors (Lipinski definition) is 3. The molecule has 0 aliphatic carbocycles. The number of alkyl halides is 3. The van der Waals surface area contributed by atoms with Crippen LogP contribution in [0.25, 0.3) is 11.1 Å². The van der Waals surface area contributed by atoms with Gasteiger partial charge in [-0.25, -0.2) is 4.79 Å². The Morgan fingerprint density at radius 2 is 1.75 bits per heavy atom. The van der Waals surface area contributed by atoms with E-state index in [4.69, 9.17) is 9.84 Å². The van der Waals surface area contributed by atoms with Crippen LogP contribution in [0, 0.1) is 0 Å². The van der Waals surface area contributed by atoms with E-state index in [-0.39, 0.29) is 17.9 Å². The van der Waals surface area contributed by atoms with Crippen molar-refractivity contribution < 1.29 is 32.9 Å². The quantitative estimate of drug-likeness (QED) is 0.688. The molecule has 0 saturated carbocycles. The van der Waals surface area contributed by atoms with Crippen molar-refractivity contribution in [2.75, 3.05) is 0 Å². The Balaban J connectivity index is 1.88. The van der Waals surface area contributed by atoms with Crippen LogP contribution in [0.3, 0.4) is 0 Å². The van der Waals surface area contributed by atoms with Gasteiger partial charge in [-0.3, -0.25) is 0 Å². The van der Waals surface area contributed by atoms with Crippen LogP contribution in [0.1, 0.15) is 21.5 Å². The molecule has 144 valence electrons. The maximum Gasteiger partial charge on any atom is 0.416 e. The Morgan fingerprint density at radius 3 is 2.46 bits per heavy atom. The summed E-state index contributed by atoms with van der Waals surface area (Å²) in [4.78, 5) is 11.2. The first-order valence-electron chi connectivity index (χ1n) is 8.18. The average Bonchev–Trinajstić information content (AvgIpc) is 2.66. The highest BCUT2D eigenvalue weighted by Gasteiger charge is 2.30. The number of halogens is 3. The van der Waals surface area contributed by atoms with Crippen molar-refractivity contribution in [3.63, 3.8) is 0 Å². The molecule has 4 nitrogen and oxygen atoms in total. The largest absolute Gasteiger partial charge is 0.872 e. The van der Waals surface area contributed by atoms with E-state index in [1.807, 2.05) is 0 Å². The summed E-state index contributed by atoms with van der Waals surface area (Å²) in [6, 6.07) is 15.4. The van der Waals surface area contributed by atoms with Crippen LogP contribution in [0.2, 0.25) is 0 Å². The van der Waals surface area contributed by atoms with Crippen LogP contribution >= 0.6 is 0 Å². The Bertz CT molecular complexity index is 1010. The van der Waals surface area contributed by atoms with Gasteiger partial charge in [-0.2, -0.15) is 13.2 Å². The molecule has 0 heterocycles. The Labute approximate surface area is 158 Å². The first kappa shape index (κ1) is 19.3. The standard InChI is InChI=1S/C21H15F3O4/c22-21(23,24)15-5-3-6-16(11-15)28-12-14-4-1-2-7-17(14)13-8-9-19(25)18(10-13)20(26)27/h1-11,25H,12H2,(H,26,27)/p-1. The molecule has 0 atom stereocenters. The fraction of sp³-hybridized carbons (Fsp3) is 0.0952. The molecule has 0 radical (unpaired) electrons. The van der Waals surface area contributed by atoms with E-state index in [0.29, 0.717) is 16.7 Å². The topological polar surface area (TPSA) is 69.6 Å². The average molecular weight is 387 g/mol. The van der Waals surface area contributed by atoms with Crippen molar-refractivity contribution in [2.45, 2.75) is 12.8 Å². The lowest BCUT2D eigenvalue weighted by molar-refractivity contribution is -0.268. The number of carbonyl (C=O) groups is 1. The Morgan fingerprint density at radius 1 is 1.00 bits per heavy atom. The normalized spacial score (nSPS) is 11.2. The molecule has 0 saturated heterocycles. The summed E-state index contributed by atoms with van der Waals surface area (Å²) in [5.74, 6) is -1.87. The number of ether oxygens (including phenoxy) is 1. The smallest absolute Gasteiger partial charge is 0.416 e. The summed E-state index contributed by atoms with van der Waals surface area (Å²) in [7, 11) is 0. The van der Waals surface area contributed by atoms with E-state index in [1.54, 1.807) is 24.3 Å². The zero-order valence-electron chi connectivity index (χ0n) is 14.4. The third kappa shape index (κ3) is 4.25. The molecular formula is C21H14F3O4-. The molecule has 1 N–H and O–H groups in total. The van der Waals surface area contributed by atoms with Gasteiger partial charge in [0.2, 0.25) is 0 Å². The number of carboxylic acids is 1. The molecule has 0 aliphatic heterocycles. The third-order valence-corrected chi connectivity index (χ3v) is 4.09. The fourth-order valence-electron chi connectivity index (χ4n) is 2.72. The van der Waals surface area contributed by atoms with Crippen molar-refractivity contribution in [3.05, 3.63) is 83.4 Å². The van der Waals surface area contributed by atoms with Gasteiger partial charge in [0.1, 0.15) is 12.4 Å². The van der Waals surface area contributed by atoms with Gasteiger partial charge >= 0.3 is 12.1 Å². The monoisotopic (exact) mass is 387 g/mol. The van der Waals surface area contributed by atoms with Crippen molar-refractivity contribution in [3.8, 4) is 22.6 Å². The summed E-state index contributed by atoms with van der Waals surface area (Å²) in [6.45, 7) is -0.0288. The Kier molecular flexibility index (Phi) is 5.26. The van der Waals surface area contributed by atoms with E-state index in [9.17, 15) is 23.1 Å². The van der Waals surface area contributed by atoms with Crippen LogP contribution in [0.5, 0.6) is 11.5 Å². The maximum absolute atomic E-state index is 12.8. The minimum Gasteiger partial charge on any atom is -0.872 e. The molecule has 0 aliphatic rings. The van der Waals surface area contributed by atoms with E-state index in [1.165, 1.54) is 30.3 Å². The van der Waals surface area contributed by atoms with Crippen molar-refractivity contribution in [2.24, 2.45) is 0 Å². The van der Waals surface area contributed by atoms with E-state index < -0.39 is 23.5 Å². The van der Waals surface area contributed by atoms with Crippen LogP contribution in [0.4, 0.5) is 13.2 Å². The van der Waals surface area contributed by atoms with Gasteiger partial charge in [0, 0.05) is 0 Å². The van der Waals surface area contributed by atoms with Crippen LogP contribution in [-0.4, -0.2) is 11.1 Å². The van der Waals surface area contributed by atoms with E-state index in [0.717, 1.165) is 12.1 Å². The minimum atomic E-state index is -4.47. The molecule has 0 fully saturated rings. The number of aromatic carboxylic acids is 1. The zero-order chi connectivity index (χ0) is 20.3. The van der Waals surface area contributed by atoms with Crippen molar-refractivity contribution >= 4 is 5.97 Å². The summed E-state index contributed by atoms with van der Waals surface area (Å²) < 4.78 is 44.0. The molecule has 7 heteroatoms. The van der Waals surface area contributed by atoms with Crippen LogP contribution in [-0.2, 0) is 12.8 Å². The highest BCUT2D eigenvalue weighted by molar-refractivity contribution is 5.92. The molecule has 0 aromatic heterocycles. The van der Waals surface area contributed by atoms with Gasteiger partial charge in [0.25, 0.3) is 0 Å². The molecular weight excluding hydrogens is 373 g/mol. The first-order chi connectivity index (χ1) is 13.3. The molecule has 0 unspecified atom stereocenters. The summed E-state index contributed by atoms with van der Waals surface area (Å²) in [5, 5.41) is 20.8. The molecule has 3 rings (SSSR count). The van der Waals surface area contributed by atoms with Gasteiger partial charge in [-0.15, -0.1) is 0 Å². The second-order valence-electron chi connectivity index (χ2n) is 5.99. The first-order valence-corrected chi connectivity index (χ1v) is 8.18. The molecule has 28 heavy (non-hydrogen) atoms. The molecule has 3 aromatic rings. The number of rotatable bonds is 5. The van der Waals surface area contributed by atoms with E-state index in [2.05, 4.69) is 0 Å².